The van der Waals surface area contributed by atoms with Crippen molar-refractivity contribution < 1.29 is 14.3 Å². The molecule has 1 aromatic carbocycles. The molecule has 2 aliphatic rings. The number of ether oxygens (including phenoxy) is 2. The molecular weight excluding hydrogens is 515 g/mol. The minimum absolute atomic E-state index is 0.0699. The number of benzene rings is 1. The van der Waals surface area contributed by atoms with Gasteiger partial charge in [0.2, 0.25) is 0 Å². The summed E-state index contributed by atoms with van der Waals surface area (Å²) >= 11 is 7.72. The summed E-state index contributed by atoms with van der Waals surface area (Å²) in [6.07, 6.45) is 11.6. The monoisotopic (exact) mass is 544 g/mol. The first kappa shape index (κ1) is 23.5. The Kier molecular flexibility index (Phi) is 7.03. The van der Waals surface area contributed by atoms with E-state index in [2.05, 4.69) is 26.0 Å². The van der Waals surface area contributed by atoms with Crippen LogP contribution in [0.15, 0.2) is 30.7 Å². The number of carbonyl (C=O) groups excluding carboxylic acids is 1. The maximum atomic E-state index is 12.5. The van der Waals surface area contributed by atoms with Gasteiger partial charge in [-0.3, -0.25) is 0 Å². The zero-order chi connectivity index (χ0) is 23.7. The molecule has 3 atom stereocenters. The molecule has 2 aliphatic carbocycles. The van der Waals surface area contributed by atoms with Gasteiger partial charge in [-0.2, -0.15) is 0 Å². The maximum absolute atomic E-state index is 12.5. The number of alkyl halides is 1. The molecule has 0 aliphatic heterocycles. The normalized spacial score (nSPS) is 21.0. The number of nitrogens with one attached hydrogen (secondary N) is 1. The molecule has 3 aromatic rings. The zero-order valence-corrected chi connectivity index (χ0v) is 22.5. The van der Waals surface area contributed by atoms with Gasteiger partial charge in [-0.1, -0.05) is 0 Å². The van der Waals surface area contributed by atoms with E-state index in [1.54, 1.807) is 13.4 Å². The van der Waals surface area contributed by atoms with Crippen molar-refractivity contribution in [2.75, 3.05) is 12.4 Å². The van der Waals surface area contributed by atoms with E-state index in [1.165, 1.54) is 42.5 Å². The molecule has 180 valence electrons. The summed E-state index contributed by atoms with van der Waals surface area (Å²) in [5, 5.41) is 4.00. The molecule has 3 unspecified atom stereocenters. The van der Waals surface area contributed by atoms with Crippen molar-refractivity contribution in [2.45, 2.75) is 68.9 Å². The molecule has 2 saturated carbocycles. The van der Waals surface area contributed by atoms with E-state index >= 15 is 0 Å². The number of fused-ring (bicyclic) bond motifs is 1. The third-order valence-corrected chi connectivity index (χ3v) is 8.26. The Hall–Kier alpha value is -2.24. The van der Waals surface area contributed by atoms with Gasteiger partial charge in [0.15, 0.2) is 0 Å². The summed E-state index contributed by atoms with van der Waals surface area (Å²) in [5.41, 5.74) is 3.66. The smallest absolute Gasteiger partial charge is 0.123 e. The van der Waals surface area contributed by atoms with Crippen LogP contribution in [0.3, 0.4) is 0 Å². The van der Waals surface area contributed by atoms with Crippen LogP contribution < -0.4 is 14.5 Å². The van der Waals surface area contributed by atoms with Gasteiger partial charge in [-0.25, -0.2) is 0 Å². The second-order valence-corrected chi connectivity index (χ2v) is 10.9. The van der Waals surface area contributed by atoms with Crippen LogP contribution in [0.25, 0.3) is 22.2 Å². The van der Waals surface area contributed by atoms with E-state index < -0.39 is 6.09 Å². The minimum Gasteiger partial charge on any atom is -0.123 e. The molecule has 5 rings (SSSR count). The van der Waals surface area contributed by atoms with Crippen molar-refractivity contribution in [3.63, 3.8) is 0 Å². The Balaban J connectivity index is 1.42. The van der Waals surface area contributed by atoms with Crippen LogP contribution in [0.4, 0.5) is 10.5 Å². The van der Waals surface area contributed by atoms with Crippen LogP contribution in [-0.2, 0) is 4.74 Å². The minimum atomic E-state index is -0.480. The Morgan fingerprint density at radius 3 is 2.76 bits per heavy atom. The molecule has 1 N–H and O–H groups in total. The molecule has 1 amide bonds. The molecular formula is C25H30AsClN4O3. The van der Waals surface area contributed by atoms with Crippen LogP contribution in [0.2, 0.25) is 0 Å². The van der Waals surface area contributed by atoms with Crippen LogP contribution in [0.5, 0.6) is 5.75 Å². The van der Waals surface area contributed by atoms with Gasteiger partial charge in [-0.15, -0.1) is 11.6 Å². The average Bonchev–Trinajstić information content (AvgIpc) is 3.48. The predicted molar refractivity (Wildman–Crippen MR) is 137 cm³/mol. The van der Waals surface area contributed by atoms with E-state index in [4.69, 9.17) is 21.1 Å². The summed E-state index contributed by atoms with van der Waals surface area (Å²) in [6, 6.07) is 6.30. The molecule has 0 bridgehead atoms. The van der Waals surface area contributed by atoms with Crippen LogP contribution >= 0.6 is 11.6 Å². The Morgan fingerprint density at radius 1 is 1.18 bits per heavy atom. The predicted octanol–water partition coefficient (Wildman–Crippen LogP) is 4.58. The topological polar surface area (TPSA) is 78.3 Å². The summed E-state index contributed by atoms with van der Waals surface area (Å²) in [7, 11) is 1.61. The van der Waals surface area contributed by atoms with Crippen molar-refractivity contribution in [3.05, 3.63) is 30.7 Å². The third kappa shape index (κ3) is 4.78. The number of carbonyl (C=O) groups is 1. The van der Waals surface area contributed by atoms with Crippen LogP contribution in [0, 0.1) is 0 Å². The van der Waals surface area contributed by atoms with Gasteiger partial charge in [0.05, 0.1) is 0 Å². The first-order chi connectivity index (χ1) is 16.5. The van der Waals surface area contributed by atoms with Crippen molar-refractivity contribution in [2.24, 2.45) is 0 Å². The first-order valence-electron chi connectivity index (χ1n) is 11.9. The quantitative estimate of drug-likeness (QED) is 0.376. The van der Waals surface area contributed by atoms with Crippen LogP contribution in [-0.4, -0.2) is 56.1 Å². The molecule has 0 saturated heterocycles. The van der Waals surface area contributed by atoms with E-state index in [1.807, 2.05) is 18.2 Å². The van der Waals surface area contributed by atoms with Crippen LogP contribution in [0.1, 0.15) is 57.4 Å². The number of rotatable bonds is 5. The van der Waals surface area contributed by atoms with Crippen molar-refractivity contribution >= 4 is 55.7 Å². The van der Waals surface area contributed by atoms with Gasteiger partial charge < -0.3 is 0 Å². The summed E-state index contributed by atoms with van der Waals surface area (Å²) in [5.74, 6) is 0.579. The molecule has 7 nitrogen and oxygen atoms in total. The van der Waals surface area contributed by atoms with E-state index in [0.717, 1.165) is 45.9 Å². The zero-order valence-electron chi connectivity index (χ0n) is 19.3. The second kappa shape index (κ2) is 10.2. The Labute approximate surface area is 213 Å². The van der Waals surface area contributed by atoms with Gasteiger partial charge in [0.1, 0.15) is 0 Å². The fourth-order valence-electron chi connectivity index (χ4n) is 5.24. The van der Waals surface area contributed by atoms with E-state index in [0.29, 0.717) is 23.9 Å². The number of amides is 1. The molecule has 9 heteroatoms. The molecule has 0 spiro atoms. The second-order valence-electron chi connectivity index (χ2n) is 9.18. The van der Waals surface area contributed by atoms with Gasteiger partial charge in [-0.05, 0) is 12.8 Å². The Bertz CT molecular complexity index is 1190. The molecule has 34 heavy (non-hydrogen) atoms. The fourth-order valence-corrected chi connectivity index (χ4v) is 6.33. The van der Waals surface area contributed by atoms with Crippen molar-refractivity contribution in [3.8, 4) is 16.9 Å². The standard InChI is InChI=1S/C25H30AsClN4O3/c1-33-21-11-15(9-10-20(21)30-25(32)34-18-8-4-5-16(27)12-18)19-13-31(17-6-2-3-7-17)24-22(19)23(26)28-14-29-24/h9-11,13-14,16-18H,2-8,12,26H2,1H3,(H,30,32). The number of anilines is 1. The van der Waals surface area contributed by atoms with Gasteiger partial charge in [0.25, 0.3) is 0 Å². The fraction of sp³-hybridized carbons (Fsp3) is 0.480. The first-order valence-corrected chi connectivity index (χ1v) is 13.6. The SMILES string of the molecule is COc1cc(-c2cn(C3CCCC3)c3ncnc([AsH2])c23)ccc1NC(=O)OC1CCCC(Cl)C1. The number of nitrogens with zero attached hydrogens (tertiary/aromatic N) is 3. The molecule has 0 radical (unpaired) electrons. The number of methoxy groups -OCH3 is 1. The van der Waals surface area contributed by atoms with Crippen molar-refractivity contribution in [1.82, 2.24) is 14.5 Å². The number of hydrogen-bond acceptors (Lipinski definition) is 5. The number of halogens is 1. The number of aromatic nitrogens is 3. The summed E-state index contributed by atoms with van der Waals surface area (Å²) in [4.78, 5) is 21.7. The van der Waals surface area contributed by atoms with Gasteiger partial charge in [0, 0.05) is 5.38 Å². The molecule has 2 fully saturated rings. The third-order valence-electron chi connectivity index (χ3n) is 6.94. The summed E-state index contributed by atoms with van der Waals surface area (Å²) < 4.78 is 14.6. The average molecular weight is 545 g/mol. The Morgan fingerprint density at radius 2 is 2.00 bits per heavy atom. The molecule has 2 aromatic heterocycles. The van der Waals surface area contributed by atoms with Gasteiger partial charge >= 0.3 is 184 Å². The molecule has 2 heterocycles. The summed E-state index contributed by atoms with van der Waals surface area (Å²) in [6.45, 7) is 0. The van der Waals surface area contributed by atoms with Crippen molar-refractivity contribution in [1.29, 1.82) is 0 Å². The number of hydrogen-bond donors (Lipinski definition) is 1. The van der Waals surface area contributed by atoms with E-state index in [9.17, 15) is 4.79 Å². The van der Waals surface area contributed by atoms with E-state index in [-0.39, 0.29) is 11.5 Å².